The van der Waals surface area contributed by atoms with Gasteiger partial charge in [0.2, 0.25) is 0 Å². The number of rotatable bonds is 7. The van der Waals surface area contributed by atoms with E-state index < -0.39 is 12.5 Å². The van der Waals surface area contributed by atoms with E-state index in [1.807, 2.05) is 0 Å². The summed E-state index contributed by atoms with van der Waals surface area (Å²) in [5, 5.41) is 5.60. The number of alkyl halides is 2. The first-order valence-corrected chi connectivity index (χ1v) is 9.32. The molecule has 0 aliphatic heterocycles. The fourth-order valence-corrected chi connectivity index (χ4v) is 3.31. The maximum absolute atomic E-state index is 12.7. The molecule has 0 saturated heterocycles. The highest BCUT2D eigenvalue weighted by Crippen LogP contribution is 2.33. The maximum atomic E-state index is 12.7. The van der Waals surface area contributed by atoms with Crippen LogP contribution in [0.3, 0.4) is 0 Å². The van der Waals surface area contributed by atoms with E-state index in [2.05, 4.69) is 15.4 Å². The predicted molar refractivity (Wildman–Crippen MR) is 104 cm³/mol. The van der Waals surface area contributed by atoms with E-state index in [0.717, 1.165) is 25.7 Å². The van der Waals surface area contributed by atoms with Crippen molar-refractivity contribution in [3.63, 3.8) is 0 Å². The molecule has 2 N–H and O–H groups in total. The van der Waals surface area contributed by atoms with Gasteiger partial charge in [-0.1, -0.05) is 18.9 Å². The van der Waals surface area contributed by atoms with E-state index in [0.29, 0.717) is 11.3 Å². The van der Waals surface area contributed by atoms with Gasteiger partial charge in [-0.3, -0.25) is 9.59 Å². The van der Waals surface area contributed by atoms with Crippen LogP contribution in [0.4, 0.5) is 14.5 Å². The van der Waals surface area contributed by atoms with E-state index >= 15 is 0 Å². The van der Waals surface area contributed by atoms with Crippen LogP contribution in [0.25, 0.3) is 0 Å². The van der Waals surface area contributed by atoms with E-state index in [9.17, 15) is 18.4 Å². The molecule has 2 aromatic carbocycles. The van der Waals surface area contributed by atoms with Crippen LogP contribution >= 0.6 is 0 Å². The molecule has 0 spiro atoms. The molecule has 1 fully saturated rings. The summed E-state index contributed by atoms with van der Waals surface area (Å²) in [5.41, 5.74) is 0.809. The Hall–Kier alpha value is -3.16. The molecule has 1 aliphatic rings. The lowest BCUT2D eigenvalue weighted by Crippen LogP contribution is -2.32. The van der Waals surface area contributed by atoms with Crippen LogP contribution in [0.2, 0.25) is 0 Å². The van der Waals surface area contributed by atoms with Crippen molar-refractivity contribution in [2.45, 2.75) is 38.3 Å². The van der Waals surface area contributed by atoms with Crippen LogP contribution in [0.1, 0.15) is 46.4 Å². The van der Waals surface area contributed by atoms with Crippen molar-refractivity contribution in [2.24, 2.45) is 0 Å². The van der Waals surface area contributed by atoms with Gasteiger partial charge in [0.25, 0.3) is 11.8 Å². The lowest BCUT2D eigenvalue weighted by atomic mass is 10.1. The van der Waals surface area contributed by atoms with Crippen LogP contribution in [0, 0.1) is 0 Å². The van der Waals surface area contributed by atoms with Crippen molar-refractivity contribution in [2.75, 3.05) is 12.4 Å². The number of hydrogen-bond acceptors (Lipinski definition) is 4. The molecule has 0 bridgehead atoms. The third-order valence-corrected chi connectivity index (χ3v) is 4.75. The van der Waals surface area contributed by atoms with E-state index in [-0.39, 0.29) is 29.0 Å². The molecule has 6 nitrogen and oxygen atoms in total. The normalized spacial score (nSPS) is 13.9. The molecular weight excluding hydrogens is 382 g/mol. The zero-order chi connectivity index (χ0) is 20.8. The highest BCUT2D eigenvalue weighted by Gasteiger charge is 2.21. The summed E-state index contributed by atoms with van der Waals surface area (Å²) in [5.74, 6) is -1.11. The summed E-state index contributed by atoms with van der Waals surface area (Å²) in [6.45, 7) is -3.10. The molecule has 154 valence electrons. The number of carbonyl (C=O) groups is 2. The summed E-state index contributed by atoms with van der Waals surface area (Å²) in [6.07, 6.45) is 4.22. The van der Waals surface area contributed by atoms with Crippen LogP contribution < -0.4 is 20.1 Å². The van der Waals surface area contributed by atoms with Crippen molar-refractivity contribution in [3.05, 3.63) is 53.6 Å². The van der Waals surface area contributed by atoms with Gasteiger partial charge in [-0.25, -0.2) is 0 Å². The molecule has 0 aromatic heterocycles. The Labute approximate surface area is 167 Å². The number of carbonyl (C=O) groups excluding carboxylic acids is 2. The van der Waals surface area contributed by atoms with E-state index in [4.69, 9.17) is 4.74 Å². The first kappa shape index (κ1) is 20.6. The van der Waals surface area contributed by atoms with Gasteiger partial charge in [0.05, 0.1) is 12.7 Å². The summed E-state index contributed by atoms with van der Waals surface area (Å²) in [7, 11) is 1.30. The minimum absolute atomic E-state index is 0.0249. The molecule has 29 heavy (non-hydrogen) atoms. The average Bonchev–Trinajstić information content (AvgIpc) is 3.21. The van der Waals surface area contributed by atoms with Gasteiger partial charge >= 0.3 is 6.61 Å². The molecule has 8 heteroatoms. The SMILES string of the molecule is COc1cccc(C(=O)Nc2ccc(C(=O)NC3CCCC3)cc2)c1OC(F)F. The smallest absolute Gasteiger partial charge is 0.387 e. The van der Waals surface area contributed by atoms with Gasteiger partial charge in [-0.05, 0) is 49.2 Å². The number of para-hydroxylation sites is 1. The quantitative estimate of drug-likeness (QED) is 0.724. The molecule has 2 amide bonds. The Morgan fingerprint density at radius 1 is 1.03 bits per heavy atom. The number of anilines is 1. The Bertz CT molecular complexity index is 865. The van der Waals surface area contributed by atoms with Gasteiger partial charge in [0, 0.05) is 17.3 Å². The Morgan fingerprint density at radius 3 is 2.34 bits per heavy atom. The minimum atomic E-state index is -3.10. The number of nitrogens with one attached hydrogen (secondary N) is 2. The maximum Gasteiger partial charge on any atom is 0.387 e. The van der Waals surface area contributed by atoms with E-state index in [1.54, 1.807) is 24.3 Å². The van der Waals surface area contributed by atoms with Crippen LogP contribution in [-0.4, -0.2) is 31.6 Å². The highest BCUT2D eigenvalue weighted by atomic mass is 19.3. The summed E-state index contributed by atoms with van der Waals surface area (Å²) >= 11 is 0. The third kappa shape index (κ3) is 5.22. The summed E-state index contributed by atoms with van der Waals surface area (Å²) in [6, 6.07) is 10.9. The van der Waals surface area contributed by atoms with Crippen LogP contribution in [0.5, 0.6) is 11.5 Å². The average molecular weight is 404 g/mol. The second-order valence-electron chi connectivity index (χ2n) is 6.70. The molecule has 2 aromatic rings. The lowest BCUT2D eigenvalue weighted by Gasteiger charge is -2.14. The Morgan fingerprint density at radius 2 is 1.72 bits per heavy atom. The number of methoxy groups -OCH3 is 1. The third-order valence-electron chi connectivity index (χ3n) is 4.75. The molecule has 1 saturated carbocycles. The van der Waals surface area contributed by atoms with Gasteiger partial charge < -0.3 is 20.1 Å². The number of amides is 2. The first-order chi connectivity index (χ1) is 14.0. The zero-order valence-electron chi connectivity index (χ0n) is 15.9. The first-order valence-electron chi connectivity index (χ1n) is 9.32. The molecule has 0 heterocycles. The minimum Gasteiger partial charge on any atom is -0.493 e. The van der Waals surface area contributed by atoms with Gasteiger partial charge in [-0.15, -0.1) is 0 Å². The summed E-state index contributed by atoms with van der Waals surface area (Å²) < 4.78 is 34.9. The van der Waals surface area contributed by atoms with Crippen LogP contribution in [0.15, 0.2) is 42.5 Å². The standard InChI is InChI=1S/C21H22F2N2O4/c1-28-17-8-4-7-16(18(17)29-21(22)23)20(27)25-15-11-9-13(10-12-15)19(26)24-14-5-2-3-6-14/h4,7-12,14,21H,2-3,5-6H2,1H3,(H,24,26)(H,25,27). The highest BCUT2D eigenvalue weighted by molar-refractivity contribution is 6.07. The largest absolute Gasteiger partial charge is 0.493 e. The number of benzene rings is 2. The van der Waals surface area contributed by atoms with Crippen molar-refractivity contribution < 1.29 is 27.8 Å². The van der Waals surface area contributed by atoms with Crippen molar-refractivity contribution in [1.82, 2.24) is 5.32 Å². The van der Waals surface area contributed by atoms with Crippen LogP contribution in [-0.2, 0) is 0 Å². The Balaban J connectivity index is 1.70. The lowest BCUT2D eigenvalue weighted by molar-refractivity contribution is -0.0515. The van der Waals surface area contributed by atoms with E-state index in [1.165, 1.54) is 25.3 Å². The molecular formula is C21H22F2N2O4. The van der Waals surface area contributed by atoms with Crippen molar-refractivity contribution in [1.29, 1.82) is 0 Å². The molecule has 0 atom stereocenters. The van der Waals surface area contributed by atoms with Crippen molar-refractivity contribution in [3.8, 4) is 11.5 Å². The summed E-state index contributed by atoms with van der Waals surface area (Å²) in [4.78, 5) is 24.8. The van der Waals surface area contributed by atoms with Gasteiger partial charge in [-0.2, -0.15) is 8.78 Å². The molecule has 0 radical (unpaired) electrons. The predicted octanol–water partition coefficient (Wildman–Crippen LogP) is 4.22. The molecule has 0 unspecified atom stereocenters. The topological polar surface area (TPSA) is 76.7 Å². The second-order valence-corrected chi connectivity index (χ2v) is 6.70. The fraction of sp³-hybridized carbons (Fsp3) is 0.333. The van der Waals surface area contributed by atoms with Gasteiger partial charge in [0.1, 0.15) is 0 Å². The Kier molecular flexibility index (Phi) is 6.64. The monoisotopic (exact) mass is 404 g/mol. The number of halogens is 2. The second kappa shape index (κ2) is 9.36. The molecule has 1 aliphatic carbocycles. The number of ether oxygens (including phenoxy) is 2. The fourth-order valence-electron chi connectivity index (χ4n) is 3.31. The molecule has 3 rings (SSSR count). The zero-order valence-corrected chi connectivity index (χ0v) is 15.9. The number of hydrogen-bond donors (Lipinski definition) is 2. The van der Waals surface area contributed by atoms with Crippen molar-refractivity contribution >= 4 is 17.5 Å². The van der Waals surface area contributed by atoms with Gasteiger partial charge in [0.15, 0.2) is 11.5 Å².